The Labute approximate surface area is 89.7 Å². The van der Waals surface area contributed by atoms with Crippen LogP contribution < -0.4 is 10.6 Å². The highest BCUT2D eigenvalue weighted by Gasteiger charge is 2.28. The van der Waals surface area contributed by atoms with Crippen LogP contribution in [0.5, 0.6) is 0 Å². The molecule has 1 aromatic heterocycles. The predicted molar refractivity (Wildman–Crippen MR) is 60.7 cm³/mol. The van der Waals surface area contributed by atoms with Crippen LogP contribution in [0.1, 0.15) is 12.8 Å². The zero-order valence-corrected chi connectivity index (χ0v) is 8.93. The second kappa shape index (κ2) is 4.06. The van der Waals surface area contributed by atoms with Crippen LogP contribution in [0.3, 0.4) is 0 Å². The predicted octanol–water partition coefficient (Wildman–Crippen LogP) is 0.871. The first kappa shape index (κ1) is 10.2. The number of aromatic nitrogens is 1. The van der Waals surface area contributed by atoms with Crippen LogP contribution in [0.25, 0.3) is 0 Å². The molecule has 1 aliphatic rings. The lowest BCUT2D eigenvalue weighted by molar-refractivity contribution is 0.0465. The highest BCUT2D eigenvalue weighted by Crippen LogP contribution is 2.30. The lowest BCUT2D eigenvalue weighted by Crippen LogP contribution is -2.37. The maximum Gasteiger partial charge on any atom is 0.0738 e. The number of nitrogens with two attached hydrogens (primary N) is 1. The zero-order chi connectivity index (χ0) is 10.8. The number of aliphatic hydroxyl groups is 1. The van der Waals surface area contributed by atoms with E-state index in [1.165, 1.54) is 0 Å². The summed E-state index contributed by atoms with van der Waals surface area (Å²) in [5.41, 5.74) is 7.56. The fourth-order valence-electron chi connectivity index (χ4n) is 2.08. The molecule has 4 nitrogen and oxygen atoms in total. The van der Waals surface area contributed by atoms with Gasteiger partial charge < -0.3 is 15.7 Å². The van der Waals surface area contributed by atoms with Crippen LogP contribution in [0.4, 0.5) is 11.4 Å². The summed E-state index contributed by atoms with van der Waals surface area (Å²) in [6.45, 7) is 0.950. The van der Waals surface area contributed by atoms with E-state index in [1.807, 2.05) is 13.1 Å². The summed E-state index contributed by atoms with van der Waals surface area (Å²) in [6, 6.07) is 1.92. The molecule has 82 valence electrons. The van der Waals surface area contributed by atoms with Gasteiger partial charge in [-0.05, 0) is 24.8 Å². The van der Waals surface area contributed by atoms with Crippen molar-refractivity contribution in [3.63, 3.8) is 0 Å². The highest BCUT2D eigenvalue weighted by atomic mass is 16.3. The first-order chi connectivity index (χ1) is 7.16. The van der Waals surface area contributed by atoms with E-state index in [1.54, 1.807) is 12.4 Å². The summed E-state index contributed by atoms with van der Waals surface area (Å²) in [5, 5.41) is 9.20. The summed E-state index contributed by atoms with van der Waals surface area (Å²) < 4.78 is 0. The molecule has 0 bridgehead atoms. The van der Waals surface area contributed by atoms with Gasteiger partial charge in [0.15, 0.2) is 0 Å². The Kier molecular flexibility index (Phi) is 2.77. The van der Waals surface area contributed by atoms with Gasteiger partial charge in [0.05, 0.1) is 23.7 Å². The van der Waals surface area contributed by atoms with Crippen molar-refractivity contribution in [1.82, 2.24) is 4.98 Å². The van der Waals surface area contributed by atoms with Gasteiger partial charge in [0.2, 0.25) is 0 Å². The third kappa shape index (κ3) is 2.21. The molecule has 2 rings (SSSR count). The van der Waals surface area contributed by atoms with Gasteiger partial charge in [-0.1, -0.05) is 0 Å². The third-order valence-electron chi connectivity index (χ3n) is 2.98. The van der Waals surface area contributed by atoms with Crippen LogP contribution in [-0.4, -0.2) is 29.8 Å². The monoisotopic (exact) mass is 207 g/mol. The third-order valence-corrected chi connectivity index (χ3v) is 2.98. The summed E-state index contributed by atoms with van der Waals surface area (Å²) in [4.78, 5) is 6.09. The lowest BCUT2D eigenvalue weighted by atomic mass is 9.82. The molecular weight excluding hydrogens is 190 g/mol. The van der Waals surface area contributed by atoms with Crippen molar-refractivity contribution in [2.45, 2.75) is 18.9 Å². The second-order valence-electron chi connectivity index (χ2n) is 4.31. The fraction of sp³-hybridized carbons (Fsp3) is 0.545. The minimum atomic E-state index is -0.0850. The fourth-order valence-corrected chi connectivity index (χ4v) is 2.08. The molecule has 15 heavy (non-hydrogen) atoms. The molecule has 0 saturated heterocycles. The molecule has 0 atom stereocenters. The van der Waals surface area contributed by atoms with Gasteiger partial charge in [0.1, 0.15) is 0 Å². The van der Waals surface area contributed by atoms with Gasteiger partial charge in [-0.25, -0.2) is 0 Å². The van der Waals surface area contributed by atoms with Crippen molar-refractivity contribution < 1.29 is 5.11 Å². The van der Waals surface area contributed by atoms with Gasteiger partial charge in [0, 0.05) is 19.8 Å². The zero-order valence-electron chi connectivity index (χ0n) is 8.93. The first-order valence-electron chi connectivity index (χ1n) is 5.25. The van der Waals surface area contributed by atoms with Gasteiger partial charge in [-0.15, -0.1) is 0 Å². The van der Waals surface area contributed by atoms with Crippen molar-refractivity contribution in [1.29, 1.82) is 0 Å². The molecule has 0 radical (unpaired) electrons. The molecule has 1 heterocycles. The largest absolute Gasteiger partial charge is 0.396 e. The van der Waals surface area contributed by atoms with Crippen molar-refractivity contribution >= 4 is 11.4 Å². The number of hydrogen-bond donors (Lipinski definition) is 2. The second-order valence-corrected chi connectivity index (χ2v) is 4.31. The summed E-state index contributed by atoms with van der Waals surface area (Å²) in [7, 11) is 2.02. The topological polar surface area (TPSA) is 62.4 Å². The molecular formula is C11H17N3O. The first-order valence-corrected chi connectivity index (χ1v) is 5.25. The average molecular weight is 207 g/mol. The van der Waals surface area contributed by atoms with E-state index in [2.05, 4.69) is 9.88 Å². The van der Waals surface area contributed by atoms with E-state index in [4.69, 9.17) is 5.73 Å². The molecule has 0 amide bonds. The molecule has 3 N–H and O–H groups in total. The number of anilines is 2. The molecule has 0 spiro atoms. The maximum absolute atomic E-state index is 9.20. The van der Waals surface area contributed by atoms with E-state index < -0.39 is 0 Å². The van der Waals surface area contributed by atoms with E-state index in [0.717, 1.165) is 25.1 Å². The summed E-state index contributed by atoms with van der Waals surface area (Å²) in [6.07, 6.45) is 5.15. The van der Waals surface area contributed by atoms with Gasteiger partial charge in [0.25, 0.3) is 0 Å². The Hall–Kier alpha value is -1.29. The molecule has 0 aliphatic heterocycles. The van der Waals surface area contributed by atoms with Gasteiger partial charge in [-0.3, -0.25) is 4.98 Å². The Morgan fingerprint density at radius 1 is 1.60 bits per heavy atom. The maximum atomic E-state index is 9.20. The number of hydrogen-bond acceptors (Lipinski definition) is 4. The molecule has 0 unspecified atom stereocenters. The van der Waals surface area contributed by atoms with Crippen LogP contribution in [0, 0.1) is 5.92 Å². The quantitative estimate of drug-likeness (QED) is 0.772. The molecule has 1 fully saturated rings. The average Bonchev–Trinajstić information content (AvgIpc) is 2.16. The normalized spacial score (nSPS) is 24.7. The van der Waals surface area contributed by atoms with E-state index in [-0.39, 0.29) is 6.10 Å². The highest BCUT2D eigenvalue weighted by molar-refractivity contribution is 5.65. The number of nitrogen functional groups attached to an aromatic ring is 1. The van der Waals surface area contributed by atoms with E-state index in [9.17, 15) is 5.11 Å². The lowest BCUT2D eigenvalue weighted by Gasteiger charge is -2.35. The van der Waals surface area contributed by atoms with Crippen LogP contribution in [0.2, 0.25) is 0 Å². The molecule has 1 saturated carbocycles. The Bertz CT molecular complexity index is 336. The van der Waals surface area contributed by atoms with Crippen LogP contribution in [-0.2, 0) is 0 Å². The van der Waals surface area contributed by atoms with Gasteiger partial charge in [-0.2, -0.15) is 0 Å². The molecule has 4 heteroatoms. The minimum Gasteiger partial charge on any atom is -0.396 e. The Balaban J connectivity index is 1.96. The van der Waals surface area contributed by atoms with E-state index in [0.29, 0.717) is 11.6 Å². The minimum absolute atomic E-state index is 0.0850. The Morgan fingerprint density at radius 3 is 2.93 bits per heavy atom. The van der Waals surface area contributed by atoms with Crippen molar-refractivity contribution in [2.24, 2.45) is 5.92 Å². The molecule has 1 aliphatic carbocycles. The van der Waals surface area contributed by atoms with Crippen molar-refractivity contribution in [3.8, 4) is 0 Å². The smallest absolute Gasteiger partial charge is 0.0738 e. The Morgan fingerprint density at radius 2 is 2.33 bits per heavy atom. The van der Waals surface area contributed by atoms with E-state index >= 15 is 0 Å². The van der Waals surface area contributed by atoms with Crippen LogP contribution in [0.15, 0.2) is 18.5 Å². The van der Waals surface area contributed by atoms with Crippen molar-refractivity contribution in [2.75, 3.05) is 24.2 Å². The number of pyridine rings is 1. The molecule has 0 aromatic carbocycles. The number of rotatable bonds is 3. The SMILES string of the molecule is CN(CC1CC(O)C1)c1ccncc1N. The molecule has 1 aromatic rings. The number of aliphatic hydroxyl groups excluding tert-OH is 1. The van der Waals surface area contributed by atoms with Crippen molar-refractivity contribution in [3.05, 3.63) is 18.5 Å². The van der Waals surface area contributed by atoms with Gasteiger partial charge >= 0.3 is 0 Å². The number of nitrogens with zero attached hydrogens (tertiary/aromatic N) is 2. The van der Waals surface area contributed by atoms with Crippen LogP contribution >= 0.6 is 0 Å². The summed E-state index contributed by atoms with van der Waals surface area (Å²) >= 11 is 0. The standard InChI is InChI=1S/C11H17N3O/c1-14(7-8-4-9(15)5-8)11-2-3-13-6-10(11)12/h2-3,6,8-9,15H,4-5,7,12H2,1H3. The summed E-state index contributed by atoms with van der Waals surface area (Å²) in [5.74, 6) is 0.595.